The van der Waals surface area contributed by atoms with E-state index in [0.717, 1.165) is 31.0 Å². The lowest BCUT2D eigenvalue weighted by Gasteiger charge is -2.44. The predicted octanol–water partition coefficient (Wildman–Crippen LogP) is 2.45. The van der Waals surface area contributed by atoms with Gasteiger partial charge in [0.2, 0.25) is 0 Å². The van der Waals surface area contributed by atoms with E-state index < -0.39 is 0 Å². The van der Waals surface area contributed by atoms with Crippen LogP contribution in [-0.4, -0.2) is 38.6 Å². The molecule has 1 aliphatic rings. The minimum atomic E-state index is 0.530. The number of aryl methyl sites for hydroxylation is 1. The van der Waals surface area contributed by atoms with Crippen LogP contribution < -0.4 is 5.32 Å². The lowest BCUT2D eigenvalue weighted by molar-refractivity contribution is 0.0797. The quantitative estimate of drug-likeness (QED) is 0.806. The van der Waals surface area contributed by atoms with Crippen LogP contribution in [0.25, 0.3) is 0 Å². The number of rotatable bonds is 7. The average Bonchev–Trinajstić information content (AvgIpc) is 2.70. The van der Waals surface area contributed by atoms with Crippen LogP contribution in [0, 0.1) is 12.3 Å². The summed E-state index contributed by atoms with van der Waals surface area (Å²) in [7, 11) is 4.29. The second-order valence-corrected chi connectivity index (χ2v) is 5.88. The molecule has 0 aromatic carbocycles. The first-order chi connectivity index (χ1) is 8.63. The van der Waals surface area contributed by atoms with Crippen LogP contribution in [0.2, 0.25) is 0 Å². The number of likely N-dealkylation sites (N-methyl/N-ethyl adjacent to an activating group) is 1. The van der Waals surface area contributed by atoms with Gasteiger partial charge in [0.1, 0.15) is 11.5 Å². The Morgan fingerprint density at radius 1 is 1.39 bits per heavy atom. The molecule has 2 rings (SSSR count). The van der Waals surface area contributed by atoms with Crippen molar-refractivity contribution in [3.05, 3.63) is 23.7 Å². The maximum atomic E-state index is 5.61. The van der Waals surface area contributed by atoms with E-state index in [2.05, 4.69) is 30.4 Å². The van der Waals surface area contributed by atoms with Crippen molar-refractivity contribution in [1.29, 1.82) is 0 Å². The first-order valence-electron chi connectivity index (χ1n) is 7.02. The summed E-state index contributed by atoms with van der Waals surface area (Å²) in [4.78, 5) is 2.45. The monoisotopic (exact) mass is 250 g/mol. The number of nitrogens with one attached hydrogen (secondary N) is 1. The molecule has 0 spiro atoms. The zero-order chi connectivity index (χ0) is 13.0. The second-order valence-electron chi connectivity index (χ2n) is 5.88. The Labute approximate surface area is 111 Å². The molecule has 1 heterocycles. The molecule has 0 unspecified atom stereocenters. The summed E-state index contributed by atoms with van der Waals surface area (Å²) in [5.74, 6) is 2.12. The normalized spacial score (nSPS) is 18.0. The van der Waals surface area contributed by atoms with Crippen molar-refractivity contribution in [3.8, 4) is 0 Å². The molecule has 1 saturated carbocycles. The van der Waals surface area contributed by atoms with E-state index in [0.29, 0.717) is 5.41 Å². The number of furan rings is 1. The third-order valence-electron chi connectivity index (χ3n) is 4.11. The standard InChI is InChI=1S/C15H26N2O/c1-13-5-6-14(18-13)7-10-17(3)12-15(11-16-2)8-4-9-15/h5-6,16H,4,7-12H2,1-3H3. The third kappa shape index (κ3) is 3.36. The highest BCUT2D eigenvalue weighted by Gasteiger charge is 2.36. The molecule has 1 aromatic rings. The van der Waals surface area contributed by atoms with Crippen LogP contribution in [-0.2, 0) is 6.42 Å². The van der Waals surface area contributed by atoms with Crippen LogP contribution in [0.15, 0.2) is 16.5 Å². The van der Waals surface area contributed by atoms with Crippen LogP contribution in [0.5, 0.6) is 0 Å². The zero-order valence-electron chi connectivity index (χ0n) is 12.0. The fourth-order valence-electron chi connectivity index (χ4n) is 3.01. The Bertz CT molecular complexity index is 368. The van der Waals surface area contributed by atoms with Crippen molar-refractivity contribution in [2.45, 2.75) is 32.6 Å². The van der Waals surface area contributed by atoms with Gasteiger partial charge in [-0.1, -0.05) is 6.42 Å². The van der Waals surface area contributed by atoms with Gasteiger partial charge in [-0.15, -0.1) is 0 Å². The summed E-state index contributed by atoms with van der Waals surface area (Å²) in [5, 5.41) is 3.35. The molecule has 0 amide bonds. The van der Waals surface area contributed by atoms with E-state index >= 15 is 0 Å². The summed E-state index contributed by atoms with van der Waals surface area (Å²) in [6.07, 6.45) is 5.16. The van der Waals surface area contributed by atoms with Gasteiger partial charge in [0.05, 0.1) is 0 Å². The molecule has 102 valence electrons. The van der Waals surface area contributed by atoms with E-state index in [1.54, 1.807) is 0 Å². The topological polar surface area (TPSA) is 28.4 Å². The van der Waals surface area contributed by atoms with Gasteiger partial charge in [-0.25, -0.2) is 0 Å². The van der Waals surface area contributed by atoms with Gasteiger partial charge in [0.25, 0.3) is 0 Å². The van der Waals surface area contributed by atoms with Gasteiger partial charge in [-0.3, -0.25) is 0 Å². The molecule has 1 N–H and O–H groups in total. The Kier molecular flexibility index (Phi) is 4.46. The lowest BCUT2D eigenvalue weighted by atomic mass is 9.68. The summed E-state index contributed by atoms with van der Waals surface area (Å²) >= 11 is 0. The van der Waals surface area contributed by atoms with Gasteiger partial charge < -0.3 is 14.6 Å². The number of nitrogens with zero attached hydrogens (tertiary/aromatic N) is 1. The Morgan fingerprint density at radius 3 is 2.67 bits per heavy atom. The molecular weight excluding hydrogens is 224 g/mol. The Hall–Kier alpha value is -0.800. The third-order valence-corrected chi connectivity index (χ3v) is 4.11. The Morgan fingerprint density at radius 2 is 2.17 bits per heavy atom. The zero-order valence-corrected chi connectivity index (χ0v) is 12.0. The van der Waals surface area contributed by atoms with Gasteiger partial charge in [0.15, 0.2) is 0 Å². The molecule has 0 atom stereocenters. The molecule has 1 fully saturated rings. The molecule has 0 radical (unpaired) electrons. The summed E-state index contributed by atoms with van der Waals surface area (Å²) < 4.78 is 5.61. The molecule has 0 saturated heterocycles. The first kappa shape index (κ1) is 13.6. The fourth-order valence-corrected chi connectivity index (χ4v) is 3.01. The number of hydrogen-bond acceptors (Lipinski definition) is 3. The van der Waals surface area contributed by atoms with Crippen LogP contribution in [0.4, 0.5) is 0 Å². The average molecular weight is 250 g/mol. The summed E-state index contributed by atoms with van der Waals surface area (Å²) in [6.45, 7) is 5.44. The maximum Gasteiger partial charge on any atom is 0.105 e. The van der Waals surface area contributed by atoms with Crippen molar-refractivity contribution >= 4 is 0 Å². The minimum Gasteiger partial charge on any atom is -0.466 e. The molecule has 18 heavy (non-hydrogen) atoms. The Balaban J connectivity index is 1.76. The highest BCUT2D eigenvalue weighted by Crippen LogP contribution is 2.40. The van der Waals surface area contributed by atoms with Gasteiger partial charge >= 0.3 is 0 Å². The van der Waals surface area contributed by atoms with Crippen LogP contribution in [0.3, 0.4) is 0 Å². The minimum absolute atomic E-state index is 0.530. The summed E-state index contributed by atoms with van der Waals surface area (Å²) in [6, 6.07) is 4.14. The highest BCUT2D eigenvalue weighted by molar-refractivity contribution is 5.05. The van der Waals surface area contributed by atoms with Crippen molar-refractivity contribution in [1.82, 2.24) is 10.2 Å². The maximum absolute atomic E-state index is 5.61. The second kappa shape index (κ2) is 5.89. The predicted molar refractivity (Wildman–Crippen MR) is 74.9 cm³/mol. The van der Waals surface area contributed by atoms with Crippen LogP contribution >= 0.6 is 0 Å². The fraction of sp³-hybridized carbons (Fsp3) is 0.733. The molecule has 0 bridgehead atoms. The molecule has 0 aliphatic heterocycles. The van der Waals surface area contributed by atoms with Crippen molar-refractivity contribution < 1.29 is 4.42 Å². The summed E-state index contributed by atoms with van der Waals surface area (Å²) in [5.41, 5.74) is 0.530. The van der Waals surface area contributed by atoms with E-state index in [-0.39, 0.29) is 0 Å². The smallest absolute Gasteiger partial charge is 0.105 e. The first-order valence-corrected chi connectivity index (χ1v) is 7.02. The highest BCUT2D eigenvalue weighted by atomic mass is 16.3. The largest absolute Gasteiger partial charge is 0.466 e. The van der Waals surface area contributed by atoms with E-state index in [4.69, 9.17) is 4.42 Å². The van der Waals surface area contributed by atoms with Crippen molar-refractivity contribution in [2.24, 2.45) is 5.41 Å². The molecular formula is C15H26N2O. The molecule has 3 nitrogen and oxygen atoms in total. The van der Waals surface area contributed by atoms with Gasteiger partial charge in [0, 0.05) is 26.1 Å². The molecule has 1 aromatic heterocycles. The van der Waals surface area contributed by atoms with E-state index in [1.165, 1.54) is 25.8 Å². The SMILES string of the molecule is CNCC1(CN(C)CCc2ccc(C)o2)CCC1. The van der Waals surface area contributed by atoms with E-state index in [1.807, 2.05) is 13.0 Å². The van der Waals surface area contributed by atoms with Crippen molar-refractivity contribution in [3.63, 3.8) is 0 Å². The molecule has 1 aliphatic carbocycles. The van der Waals surface area contributed by atoms with Gasteiger partial charge in [-0.05, 0) is 51.4 Å². The van der Waals surface area contributed by atoms with Crippen molar-refractivity contribution in [2.75, 3.05) is 33.7 Å². The number of hydrogen-bond donors (Lipinski definition) is 1. The lowest BCUT2D eigenvalue weighted by Crippen LogP contribution is -2.47. The van der Waals surface area contributed by atoms with E-state index in [9.17, 15) is 0 Å². The molecule has 3 heteroatoms. The van der Waals surface area contributed by atoms with Gasteiger partial charge in [-0.2, -0.15) is 0 Å². The van der Waals surface area contributed by atoms with Crippen LogP contribution in [0.1, 0.15) is 30.8 Å².